The van der Waals surface area contributed by atoms with Crippen LogP contribution in [0.4, 0.5) is 0 Å². The molecule has 0 amide bonds. The van der Waals surface area contributed by atoms with Gasteiger partial charge in [0.1, 0.15) is 11.5 Å². The number of para-hydroxylation sites is 1. The van der Waals surface area contributed by atoms with Gasteiger partial charge in [0.05, 0.1) is 0 Å². The maximum atomic E-state index is 6.18. The van der Waals surface area contributed by atoms with Crippen LogP contribution in [0.3, 0.4) is 0 Å². The van der Waals surface area contributed by atoms with E-state index in [1.54, 1.807) is 0 Å². The SMILES string of the molecule is CCC(C)c1ccccc1Oc1ccc(C)cc1CBr. The lowest BCUT2D eigenvalue weighted by Gasteiger charge is -2.17. The van der Waals surface area contributed by atoms with Gasteiger partial charge in [0.2, 0.25) is 0 Å². The van der Waals surface area contributed by atoms with Crippen LogP contribution in [0.2, 0.25) is 0 Å². The van der Waals surface area contributed by atoms with Crippen LogP contribution in [-0.2, 0) is 5.33 Å². The monoisotopic (exact) mass is 332 g/mol. The Morgan fingerprint density at radius 1 is 1.10 bits per heavy atom. The minimum absolute atomic E-state index is 0.504. The molecular weight excluding hydrogens is 312 g/mol. The first-order chi connectivity index (χ1) is 9.65. The summed E-state index contributed by atoms with van der Waals surface area (Å²) in [5.41, 5.74) is 3.71. The van der Waals surface area contributed by atoms with Gasteiger partial charge in [-0.05, 0) is 37.0 Å². The zero-order valence-corrected chi connectivity index (χ0v) is 13.9. The fourth-order valence-electron chi connectivity index (χ4n) is 2.23. The van der Waals surface area contributed by atoms with E-state index in [2.05, 4.69) is 73.1 Å². The van der Waals surface area contributed by atoms with Crippen LogP contribution >= 0.6 is 15.9 Å². The summed E-state index contributed by atoms with van der Waals surface area (Å²) in [7, 11) is 0. The van der Waals surface area contributed by atoms with E-state index < -0.39 is 0 Å². The summed E-state index contributed by atoms with van der Waals surface area (Å²) in [6.07, 6.45) is 1.11. The van der Waals surface area contributed by atoms with Crippen molar-refractivity contribution in [3.8, 4) is 11.5 Å². The molecule has 2 heteroatoms. The first kappa shape index (κ1) is 15.1. The summed E-state index contributed by atoms with van der Waals surface area (Å²) in [5, 5.41) is 0.801. The van der Waals surface area contributed by atoms with Gasteiger partial charge in [-0.1, -0.05) is 65.7 Å². The number of ether oxygens (including phenoxy) is 1. The zero-order valence-electron chi connectivity index (χ0n) is 12.3. The van der Waals surface area contributed by atoms with Gasteiger partial charge < -0.3 is 4.74 Å². The van der Waals surface area contributed by atoms with Crippen molar-refractivity contribution in [1.82, 2.24) is 0 Å². The molecule has 1 nitrogen and oxygen atoms in total. The summed E-state index contributed by atoms with van der Waals surface area (Å²) in [6.45, 7) is 6.54. The molecule has 0 spiro atoms. The second kappa shape index (κ2) is 6.94. The lowest BCUT2D eigenvalue weighted by Crippen LogP contribution is -1.97. The van der Waals surface area contributed by atoms with Crippen molar-refractivity contribution >= 4 is 15.9 Å². The molecule has 2 aromatic carbocycles. The number of hydrogen-bond acceptors (Lipinski definition) is 1. The molecule has 0 saturated carbocycles. The Balaban J connectivity index is 2.35. The van der Waals surface area contributed by atoms with Crippen LogP contribution < -0.4 is 4.74 Å². The largest absolute Gasteiger partial charge is 0.457 e. The smallest absolute Gasteiger partial charge is 0.131 e. The van der Waals surface area contributed by atoms with E-state index in [-0.39, 0.29) is 0 Å². The maximum Gasteiger partial charge on any atom is 0.131 e. The molecule has 0 aliphatic rings. The summed E-state index contributed by atoms with van der Waals surface area (Å²) >= 11 is 3.54. The molecular formula is C18H21BrO. The summed E-state index contributed by atoms with van der Waals surface area (Å²) < 4.78 is 6.18. The Morgan fingerprint density at radius 2 is 1.85 bits per heavy atom. The van der Waals surface area contributed by atoms with E-state index in [4.69, 9.17) is 4.74 Å². The standard InChI is InChI=1S/C18H21BrO/c1-4-14(3)16-7-5-6-8-18(16)20-17-10-9-13(2)11-15(17)12-19/h5-11,14H,4,12H2,1-3H3. The molecule has 0 aliphatic carbocycles. The Hall–Kier alpha value is -1.28. The molecule has 0 radical (unpaired) electrons. The average molecular weight is 333 g/mol. The minimum atomic E-state index is 0.504. The maximum absolute atomic E-state index is 6.18. The third-order valence-corrected chi connectivity index (χ3v) is 4.25. The fourth-order valence-corrected chi connectivity index (χ4v) is 2.67. The van der Waals surface area contributed by atoms with E-state index in [1.807, 2.05) is 6.07 Å². The van der Waals surface area contributed by atoms with E-state index in [0.717, 1.165) is 23.2 Å². The van der Waals surface area contributed by atoms with Gasteiger partial charge >= 0.3 is 0 Å². The molecule has 0 N–H and O–H groups in total. The number of halogens is 1. The highest BCUT2D eigenvalue weighted by Crippen LogP contribution is 2.34. The fraction of sp³-hybridized carbons (Fsp3) is 0.333. The molecule has 0 saturated heterocycles. The lowest BCUT2D eigenvalue weighted by atomic mass is 9.98. The topological polar surface area (TPSA) is 9.23 Å². The van der Waals surface area contributed by atoms with Crippen LogP contribution in [0.1, 0.15) is 42.9 Å². The Kier molecular flexibility index (Phi) is 5.24. The van der Waals surface area contributed by atoms with Crippen LogP contribution in [0.15, 0.2) is 42.5 Å². The average Bonchev–Trinajstić information content (AvgIpc) is 2.48. The molecule has 106 valence electrons. The van der Waals surface area contributed by atoms with Crippen molar-refractivity contribution in [1.29, 1.82) is 0 Å². The van der Waals surface area contributed by atoms with Crippen molar-refractivity contribution in [2.24, 2.45) is 0 Å². The van der Waals surface area contributed by atoms with Gasteiger partial charge in [0.15, 0.2) is 0 Å². The predicted octanol–water partition coefficient (Wildman–Crippen LogP) is 6.20. The van der Waals surface area contributed by atoms with E-state index in [1.165, 1.54) is 16.7 Å². The third kappa shape index (κ3) is 3.43. The molecule has 1 unspecified atom stereocenters. The quantitative estimate of drug-likeness (QED) is 0.592. The van der Waals surface area contributed by atoms with Crippen LogP contribution in [-0.4, -0.2) is 0 Å². The van der Waals surface area contributed by atoms with E-state index in [9.17, 15) is 0 Å². The first-order valence-electron chi connectivity index (χ1n) is 7.08. The molecule has 2 aromatic rings. The van der Waals surface area contributed by atoms with Gasteiger partial charge in [-0.2, -0.15) is 0 Å². The first-order valence-corrected chi connectivity index (χ1v) is 8.20. The lowest BCUT2D eigenvalue weighted by molar-refractivity contribution is 0.466. The number of alkyl halides is 1. The molecule has 2 rings (SSSR count). The van der Waals surface area contributed by atoms with Crippen LogP contribution in [0, 0.1) is 6.92 Å². The molecule has 0 heterocycles. The predicted molar refractivity (Wildman–Crippen MR) is 89.0 cm³/mol. The number of rotatable bonds is 5. The molecule has 20 heavy (non-hydrogen) atoms. The summed E-state index contributed by atoms with van der Waals surface area (Å²) in [4.78, 5) is 0. The molecule has 0 bridgehead atoms. The second-order valence-corrected chi connectivity index (χ2v) is 5.75. The Morgan fingerprint density at radius 3 is 2.55 bits per heavy atom. The van der Waals surface area contributed by atoms with E-state index >= 15 is 0 Å². The molecule has 0 aromatic heterocycles. The van der Waals surface area contributed by atoms with Crippen LogP contribution in [0.25, 0.3) is 0 Å². The molecule has 0 aliphatic heterocycles. The Bertz CT molecular complexity index is 577. The highest BCUT2D eigenvalue weighted by atomic mass is 79.9. The van der Waals surface area contributed by atoms with Gasteiger partial charge in [0, 0.05) is 10.9 Å². The van der Waals surface area contributed by atoms with Crippen molar-refractivity contribution in [2.75, 3.05) is 0 Å². The summed E-state index contributed by atoms with van der Waals surface area (Å²) in [6, 6.07) is 14.6. The second-order valence-electron chi connectivity index (χ2n) is 5.19. The van der Waals surface area contributed by atoms with Crippen molar-refractivity contribution < 1.29 is 4.74 Å². The summed E-state index contributed by atoms with van der Waals surface area (Å²) in [5.74, 6) is 2.40. The number of benzene rings is 2. The zero-order chi connectivity index (χ0) is 14.5. The van der Waals surface area contributed by atoms with Gasteiger partial charge in [-0.3, -0.25) is 0 Å². The Labute approximate surface area is 130 Å². The highest BCUT2D eigenvalue weighted by Gasteiger charge is 2.12. The molecule has 0 fully saturated rings. The van der Waals surface area contributed by atoms with Gasteiger partial charge in [0.25, 0.3) is 0 Å². The van der Waals surface area contributed by atoms with Crippen LogP contribution in [0.5, 0.6) is 11.5 Å². The van der Waals surface area contributed by atoms with Gasteiger partial charge in [-0.25, -0.2) is 0 Å². The third-order valence-electron chi connectivity index (χ3n) is 3.64. The van der Waals surface area contributed by atoms with Gasteiger partial charge in [-0.15, -0.1) is 0 Å². The van der Waals surface area contributed by atoms with Crippen molar-refractivity contribution in [3.63, 3.8) is 0 Å². The molecule has 1 atom stereocenters. The normalized spacial score (nSPS) is 12.2. The van der Waals surface area contributed by atoms with Crippen molar-refractivity contribution in [2.45, 2.75) is 38.4 Å². The minimum Gasteiger partial charge on any atom is -0.457 e. The highest BCUT2D eigenvalue weighted by molar-refractivity contribution is 9.08. The van der Waals surface area contributed by atoms with Crippen molar-refractivity contribution in [3.05, 3.63) is 59.2 Å². The van der Waals surface area contributed by atoms with E-state index in [0.29, 0.717) is 5.92 Å². The number of hydrogen-bond donors (Lipinski definition) is 0. The number of aryl methyl sites for hydroxylation is 1.